The molecule has 3 aliphatic heterocycles. The number of hydrogen-bond donors (Lipinski definition) is 1. The highest BCUT2D eigenvalue weighted by Crippen LogP contribution is 2.36. The van der Waals surface area contributed by atoms with E-state index >= 15 is 0 Å². The molecule has 4 heterocycles. The Morgan fingerprint density at radius 3 is 2.64 bits per heavy atom. The van der Waals surface area contributed by atoms with E-state index in [1.807, 2.05) is 30.3 Å². The number of hydrogen-bond acceptors (Lipinski definition) is 6. The molecule has 2 saturated heterocycles. The number of ether oxygens (including phenoxy) is 1. The molecule has 8 nitrogen and oxygen atoms in total. The number of carbonyl (C=O) groups is 3. The summed E-state index contributed by atoms with van der Waals surface area (Å²) in [7, 11) is 0. The van der Waals surface area contributed by atoms with Gasteiger partial charge in [-0.25, -0.2) is 0 Å². The molecule has 3 atom stereocenters. The zero-order chi connectivity index (χ0) is 24.8. The number of imide groups is 1. The van der Waals surface area contributed by atoms with Crippen molar-refractivity contribution in [3.63, 3.8) is 0 Å². The molecule has 36 heavy (non-hydrogen) atoms. The van der Waals surface area contributed by atoms with Crippen molar-refractivity contribution < 1.29 is 19.1 Å². The van der Waals surface area contributed by atoms with Crippen LogP contribution in [0.25, 0.3) is 0 Å². The van der Waals surface area contributed by atoms with Gasteiger partial charge >= 0.3 is 0 Å². The fourth-order valence-corrected chi connectivity index (χ4v) is 6.14. The lowest BCUT2D eigenvalue weighted by atomic mass is 9.85. The molecular formula is C27H29ClN4O4. The molecule has 6 rings (SSSR count). The van der Waals surface area contributed by atoms with Crippen LogP contribution in [-0.2, 0) is 16.1 Å². The molecule has 0 bridgehead atoms. The van der Waals surface area contributed by atoms with Crippen LogP contribution in [0.15, 0.2) is 36.5 Å². The van der Waals surface area contributed by atoms with Crippen LogP contribution >= 0.6 is 11.6 Å². The van der Waals surface area contributed by atoms with Crippen molar-refractivity contribution in [2.75, 3.05) is 13.1 Å². The Balaban J connectivity index is 1.11. The van der Waals surface area contributed by atoms with E-state index in [4.69, 9.17) is 16.3 Å². The number of benzene rings is 1. The molecule has 188 valence electrons. The van der Waals surface area contributed by atoms with Crippen LogP contribution < -0.4 is 10.1 Å². The third-order valence-electron chi connectivity index (χ3n) is 8.00. The van der Waals surface area contributed by atoms with Gasteiger partial charge in [0.25, 0.3) is 5.91 Å². The Kier molecular flexibility index (Phi) is 6.17. The fraction of sp³-hybridized carbons (Fsp3) is 0.481. The zero-order valence-electron chi connectivity index (χ0n) is 20.0. The summed E-state index contributed by atoms with van der Waals surface area (Å²) in [5.74, 6) is 0.352. The molecular weight excluding hydrogens is 480 g/mol. The summed E-state index contributed by atoms with van der Waals surface area (Å²) in [6, 6.07) is 9.29. The second-order valence-corrected chi connectivity index (χ2v) is 10.7. The molecule has 2 aromatic rings. The Hall–Kier alpha value is -2.97. The van der Waals surface area contributed by atoms with E-state index in [0.29, 0.717) is 35.5 Å². The third kappa shape index (κ3) is 4.37. The Morgan fingerprint density at radius 1 is 1.03 bits per heavy atom. The highest BCUT2D eigenvalue weighted by atomic mass is 35.5. The smallest absolute Gasteiger partial charge is 0.255 e. The van der Waals surface area contributed by atoms with Gasteiger partial charge in [-0.05, 0) is 61.6 Å². The van der Waals surface area contributed by atoms with Crippen LogP contribution in [0.4, 0.5) is 0 Å². The second kappa shape index (κ2) is 9.48. The number of halogens is 1. The van der Waals surface area contributed by atoms with Crippen molar-refractivity contribution >= 4 is 29.3 Å². The van der Waals surface area contributed by atoms with Gasteiger partial charge in [0.05, 0.1) is 5.02 Å². The topological polar surface area (TPSA) is 91.8 Å². The number of amides is 3. The van der Waals surface area contributed by atoms with Gasteiger partial charge in [0.15, 0.2) is 0 Å². The van der Waals surface area contributed by atoms with Gasteiger partial charge in [0.1, 0.15) is 17.9 Å². The molecule has 1 N–H and O–H groups in total. The summed E-state index contributed by atoms with van der Waals surface area (Å²) in [6.07, 6.45) is 6.88. The maximum atomic E-state index is 13.0. The molecule has 1 aliphatic carbocycles. The number of likely N-dealkylation sites (tertiary alicyclic amines) is 1. The normalized spacial score (nSPS) is 27.0. The van der Waals surface area contributed by atoms with Crippen molar-refractivity contribution in [2.24, 2.45) is 0 Å². The van der Waals surface area contributed by atoms with Crippen molar-refractivity contribution in [2.45, 2.75) is 69.2 Å². The van der Waals surface area contributed by atoms with Crippen LogP contribution in [0.1, 0.15) is 66.1 Å². The number of fused-ring (bicyclic) bond motifs is 1. The Bertz CT molecular complexity index is 1200. The van der Waals surface area contributed by atoms with Crippen molar-refractivity contribution in [1.29, 1.82) is 0 Å². The molecule has 1 unspecified atom stereocenters. The van der Waals surface area contributed by atoms with Crippen molar-refractivity contribution in [3.8, 4) is 5.75 Å². The van der Waals surface area contributed by atoms with Gasteiger partial charge in [0.2, 0.25) is 11.8 Å². The van der Waals surface area contributed by atoms with E-state index in [0.717, 1.165) is 49.4 Å². The lowest BCUT2D eigenvalue weighted by Gasteiger charge is -2.48. The molecule has 0 spiro atoms. The molecule has 4 aliphatic rings. The minimum atomic E-state index is -0.607. The quantitative estimate of drug-likeness (QED) is 0.623. The number of nitrogens with one attached hydrogen (secondary N) is 1. The molecule has 9 heteroatoms. The zero-order valence-corrected chi connectivity index (χ0v) is 20.7. The van der Waals surface area contributed by atoms with Gasteiger partial charge in [-0.2, -0.15) is 0 Å². The van der Waals surface area contributed by atoms with E-state index in [1.165, 1.54) is 6.42 Å². The minimum Gasteiger partial charge on any atom is -0.489 e. The Labute approximate surface area is 214 Å². The first-order valence-corrected chi connectivity index (χ1v) is 13.1. The molecule has 1 aromatic heterocycles. The number of pyridine rings is 1. The van der Waals surface area contributed by atoms with Gasteiger partial charge in [-0.15, -0.1) is 0 Å². The number of nitrogens with zero attached hydrogens (tertiary/aromatic N) is 3. The highest BCUT2D eigenvalue weighted by molar-refractivity contribution is 6.30. The molecule has 3 amide bonds. The first-order chi connectivity index (χ1) is 17.5. The summed E-state index contributed by atoms with van der Waals surface area (Å²) in [5.41, 5.74) is 2.56. The van der Waals surface area contributed by atoms with Crippen molar-refractivity contribution in [1.82, 2.24) is 20.1 Å². The maximum Gasteiger partial charge on any atom is 0.255 e. The molecule has 3 fully saturated rings. The largest absolute Gasteiger partial charge is 0.489 e. The molecule has 1 saturated carbocycles. The van der Waals surface area contributed by atoms with Crippen LogP contribution in [0.5, 0.6) is 5.75 Å². The van der Waals surface area contributed by atoms with Gasteiger partial charge in [-0.1, -0.05) is 18.0 Å². The van der Waals surface area contributed by atoms with Gasteiger partial charge in [0, 0.05) is 55.5 Å². The predicted molar refractivity (Wildman–Crippen MR) is 133 cm³/mol. The average Bonchev–Trinajstić information content (AvgIpc) is 3.16. The minimum absolute atomic E-state index is 0.0965. The van der Waals surface area contributed by atoms with Crippen LogP contribution in [0.2, 0.25) is 5.02 Å². The number of aromatic nitrogens is 1. The standard InChI is InChI=1S/C27H29ClN4O4/c28-18-5-8-21(29-12-18)17-13-31(14-17)22-3-1-2-4-24(22)36-19-6-7-20-16(11-19)15-32(27(20)35)23-9-10-25(33)30-26(23)34/h5-8,11-12,17,22-24H,1-4,9-10,13-15H2,(H,30,33,34)/t22-,23?,24+/m1/s1. The molecule has 1 aromatic carbocycles. The van der Waals surface area contributed by atoms with E-state index in [-0.39, 0.29) is 24.3 Å². The summed E-state index contributed by atoms with van der Waals surface area (Å²) in [5, 5.41) is 3.01. The number of carbonyl (C=O) groups excluding carboxylic acids is 3. The Morgan fingerprint density at radius 2 is 1.86 bits per heavy atom. The summed E-state index contributed by atoms with van der Waals surface area (Å²) in [4.78, 5) is 45.4. The van der Waals surface area contributed by atoms with E-state index in [9.17, 15) is 14.4 Å². The predicted octanol–water partition coefficient (Wildman–Crippen LogP) is 3.29. The third-order valence-corrected chi connectivity index (χ3v) is 8.22. The fourth-order valence-electron chi connectivity index (χ4n) is 6.03. The van der Waals surface area contributed by atoms with Crippen LogP contribution in [0.3, 0.4) is 0 Å². The van der Waals surface area contributed by atoms with Crippen LogP contribution in [0, 0.1) is 0 Å². The number of piperidine rings is 1. The monoisotopic (exact) mass is 508 g/mol. The lowest BCUT2D eigenvalue weighted by Crippen LogP contribution is -2.57. The van der Waals surface area contributed by atoms with E-state index in [1.54, 1.807) is 11.1 Å². The SMILES string of the molecule is O=C1CCC(N2Cc3cc(O[C@H]4CCCC[C@H]4N4CC(c5ccc(Cl)cn5)C4)ccc3C2=O)C(=O)N1. The summed E-state index contributed by atoms with van der Waals surface area (Å²) < 4.78 is 6.53. The first kappa shape index (κ1) is 23.4. The van der Waals surface area contributed by atoms with E-state index in [2.05, 4.69) is 15.2 Å². The lowest BCUT2D eigenvalue weighted by molar-refractivity contribution is -0.136. The van der Waals surface area contributed by atoms with Gasteiger partial charge in [-0.3, -0.25) is 29.6 Å². The average molecular weight is 509 g/mol. The maximum absolute atomic E-state index is 13.0. The van der Waals surface area contributed by atoms with Gasteiger partial charge < -0.3 is 9.64 Å². The summed E-state index contributed by atoms with van der Waals surface area (Å²) in [6.45, 7) is 2.30. The van der Waals surface area contributed by atoms with Crippen LogP contribution in [-0.4, -0.2) is 63.8 Å². The highest BCUT2D eigenvalue weighted by Gasteiger charge is 2.41. The number of rotatable bonds is 5. The first-order valence-electron chi connectivity index (χ1n) is 12.8. The summed E-state index contributed by atoms with van der Waals surface area (Å²) >= 11 is 5.99. The molecule has 0 radical (unpaired) electrons. The van der Waals surface area contributed by atoms with E-state index < -0.39 is 11.9 Å². The second-order valence-electron chi connectivity index (χ2n) is 10.3. The van der Waals surface area contributed by atoms with Crippen molar-refractivity contribution in [3.05, 3.63) is 58.4 Å².